The molecule has 0 saturated carbocycles. The van der Waals surface area contributed by atoms with E-state index in [1.807, 2.05) is 24.3 Å². The zero-order chi connectivity index (χ0) is 24.1. The van der Waals surface area contributed by atoms with E-state index in [4.69, 9.17) is 9.84 Å². The zero-order valence-electron chi connectivity index (χ0n) is 18.6. The van der Waals surface area contributed by atoms with Gasteiger partial charge >= 0.3 is 12.1 Å². The predicted molar refractivity (Wildman–Crippen MR) is 128 cm³/mol. The maximum Gasteiger partial charge on any atom is 0.407 e. The minimum absolute atomic E-state index is 0.00773. The number of nitrogens with zero attached hydrogens (tertiary/aromatic N) is 1. The fourth-order valence-corrected chi connectivity index (χ4v) is 4.85. The van der Waals surface area contributed by atoms with E-state index in [1.165, 1.54) is 22.5 Å². The van der Waals surface area contributed by atoms with Crippen LogP contribution in [0.2, 0.25) is 0 Å². The summed E-state index contributed by atoms with van der Waals surface area (Å²) in [4.78, 5) is 39.4. The maximum absolute atomic E-state index is 12.3. The highest BCUT2D eigenvalue weighted by atomic mass is 32.1. The Balaban J connectivity index is 1.26. The highest BCUT2D eigenvalue weighted by Gasteiger charge is 2.29. The summed E-state index contributed by atoms with van der Waals surface area (Å²) in [6.07, 6.45) is -0.623. The molecule has 1 aliphatic carbocycles. The zero-order valence-corrected chi connectivity index (χ0v) is 19.4. The van der Waals surface area contributed by atoms with Gasteiger partial charge in [0.05, 0.1) is 25.1 Å². The van der Waals surface area contributed by atoms with Crippen LogP contribution < -0.4 is 10.6 Å². The van der Waals surface area contributed by atoms with Gasteiger partial charge in [0, 0.05) is 17.3 Å². The van der Waals surface area contributed by atoms with Crippen LogP contribution in [0.15, 0.2) is 53.9 Å². The van der Waals surface area contributed by atoms with Crippen LogP contribution in [-0.2, 0) is 27.3 Å². The molecule has 1 heterocycles. The second kappa shape index (κ2) is 10.5. The summed E-state index contributed by atoms with van der Waals surface area (Å²) >= 11 is 1.33. The number of hydrogen-bond donors (Lipinski definition) is 3. The van der Waals surface area contributed by atoms with E-state index in [-0.39, 0.29) is 37.8 Å². The quantitative estimate of drug-likeness (QED) is 0.431. The summed E-state index contributed by atoms with van der Waals surface area (Å²) in [5.74, 6) is -1.27. The molecule has 0 spiro atoms. The van der Waals surface area contributed by atoms with Gasteiger partial charge in [-0.2, -0.15) is 0 Å². The Kier molecular flexibility index (Phi) is 7.22. The van der Waals surface area contributed by atoms with Crippen molar-refractivity contribution in [3.8, 4) is 11.1 Å². The molecule has 8 nitrogen and oxygen atoms in total. The van der Waals surface area contributed by atoms with Crippen molar-refractivity contribution in [2.75, 3.05) is 6.61 Å². The Hall–Kier alpha value is -3.72. The summed E-state index contributed by atoms with van der Waals surface area (Å²) in [7, 11) is 0. The smallest absolute Gasteiger partial charge is 0.407 e. The van der Waals surface area contributed by atoms with E-state index < -0.39 is 18.1 Å². The fourth-order valence-electron chi connectivity index (χ4n) is 4.11. The number of thiazole rings is 1. The average molecular weight is 480 g/mol. The molecule has 34 heavy (non-hydrogen) atoms. The molecule has 2 aromatic carbocycles. The monoisotopic (exact) mass is 479 g/mol. The van der Waals surface area contributed by atoms with Crippen LogP contribution in [0.4, 0.5) is 4.79 Å². The van der Waals surface area contributed by atoms with Crippen molar-refractivity contribution >= 4 is 29.3 Å². The molecule has 0 saturated heterocycles. The summed E-state index contributed by atoms with van der Waals surface area (Å²) in [6.45, 7) is 2.06. The molecule has 9 heteroatoms. The SMILES string of the molecule is C[C@H](CC(=O)O)NC(=O)Cc1csc(CNC(=O)OCC2c3ccccc3-c3ccccc32)n1. The lowest BCUT2D eigenvalue weighted by Gasteiger charge is -2.14. The molecule has 0 radical (unpaired) electrons. The number of amides is 2. The van der Waals surface area contributed by atoms with Crippen LogP contribution in [0.5, 0.6) is 0 Å². The van der Waals surface area contributed by atoms with E-state index in [1.54, 1.807) is 12.3 Å². The van der Waals surface area contributed by atoms with Crippen LogP contribution in [0.3, 0.4) is 0 Å². The summed E-state index contributed by atoms with van der Waals surface area (Å²) in [5.41, 5.74) is 5.20. The van der Waals surface area contributed by atoms with Gasteiger partial charge in [-0.15, -0.1) is 11.3 Å². The van der Waals surface area contributed by atoms with Crippen molar-refractivity contribution in [2.45, 2.75) is 38.3 Å². The number of nitrogens with one attached hydrogen (secondary N) is 2. The number of aliphatic carboxylic acids is 1. The number of rotatable bonds is 9. The van der Waals surface area contributed by atoms with Gasteiger partial charge < -0.3 is 20.5 Å². The van der Waals surface area contributed by atoms with Gasteiger partial charge in [-0.1, -0.05) is 48.5 Å². The predicted octanol–water partition coefficient (Wildman–Crippen LogP) is 3.70. The molecular formula is C25H25N3O5S. The van der Waals surface area contributed by atoms with Gasteiger partial charge in [0.25, 0.3) is 0 Å². The number of fused-ring (bicyclic) bond motifs is 3. The van der Waals surface area contributed by atoms with Crippen LogP contribution in [0, 0.1) is 0 Å². The van der Waals surface area contributed by atoms with Crippen LogP contribution in [0.1, 0.15) is 41.1 Å². The van der Waals surface area contributed by atoms with Gasteiger partial charge in [-0.05, 0) is 29.2 Å². The number of benzene rings is 2. The molecule has 1 atom stereocenters. The summed E-state index contributed by atoms with van der Waals surface area (Å²) in [5, 5.41) is 16.5. The first-order valence-corrected chi connectivity index (χ1v) is 11.8. The summed E-state index contributed by atoms with van der Waals surface area (Å²) in [6, 6.07) is 15.8. The van der Waals surface area contributed by atoms with Crippen molar-refractivity contribution in [1.29, 1.82) is 0 Å². The normalized spacial score (nSPS) is 13.0. The van der Waals surface area contributed by atoms with E-state index in [0.717, 1.165) is 11.1 Å². The largest absolute Gasteiger partial charge is 0.481 e. The highest BCUT2D eigenvalue weighted by molar-refractivity contribution is 7.09. The first kappa shape index (κ1) is 23.4. The molecule has 3 N–H and O–H groups in total. The maximum atomic E-state index is 12.3. The Bertz CT molecular complexity index is 1160. The number of carboxylic acid groups (broad SMARTS) is 1. The number of hydrogen-bond acceptors (Lipinski definition) is 6. The second-order valence-corrected chi connectivity index (χ2v) is 9.10. The Morgan fingerprint density at radius 1 is 1.09 bits per heavy atom. The minimum atomic E-state index is -0.969. The molecule has 2 amide bonds. The molecular weight excluding hydrogens is 454 g/mol. The van der Waals surface area contributed by atoms with Crippen molar-refractivity contribution in [3.63, 3.8) is 0 Å². The molecule has 0 aliphatic heterocycles. The second-order valence-electron chi connectivity index (χ2n) is 8.15. The Morgan fingerprint density at radius 2 is 1.74 bits per heavy atom. The van der Waals surface area contributed by atoms with Crippen molar-refractivity contribution < 1.29 is 24.2 Å². The molecule has 0 fully saturated rings. The van der Waals surface area contributed by atoms with Gasteiger partial charge in [-0.25, -0.2) is 9.78 Å². The van der Waals surface area contributed by atoms with Crippen LogP contribution >= 0.6 is 11.3 Å². The van der Waals surface area contributed by atoms with Gasteiger partial charge in [-0.3, -0.25) is 9.59 Å². The Labute approximate surface area is 201 Å². The Morgan fingerprint density at radius 3 is 2.38 bits per heavy atom. The third kappa shape index (κ3) is 5.60. The lowest BCUT2D eigenvalue weighted by atomic mass is 9.98. The van der Waals surface area contributed by atoms with Crippen molar-refractivity contribution in [3.05, 3.63) is 75.7 Å². The van der Waals surface area contributed by atoms with E-state index in [0.29, 0.717) is 10.7 Å². The molecule has 1 aromatic heterocycles. The molecule has 1 aliphatic rings. The number of carbonyl (C=O) groups is 3. The molecule has 3 aromatic rings. The van der Waals surface area contributed by atoms with E-state index >= 15 is 0 Å². The lowest BCUT2D eigenvalue weighted by molar-refractivity contribution is -0.137. The molecule has 176 valence electrons. The van der Waals surface area contributed by atoms with Crippen molar-refractivity contribution in [1.82, 2.24) is 15.6 Å². The number of alkyl carbamates (subject to hydrolysis) is 1. The van der Waals surface area contributed by atoms with Crippen LogP contribution in [0.25, 0.3) is 11.1 Å². The number of ether oxygens (including phenoxy) is 1. The molecule has 4 rings (SSSR count). The first-order chi connectivity index (χ1) is 16.4. The number of aromatic nitrogens is 1. The van der Waals surface area contributed by atoms with Gasteiger partial charge in [0.2, 0.25) is 5.91 Å². The standard InChI is InChI=1S/C25H25N3O5S/c1-15(10-24(30)31)27-22(29)11-16-14-34-23(28-16)12-26-25(32)33-13-21-19-8-4-2-6-17(19)18-7-3-5-9-20(18)21/h2-9,14-15,21H,10-13H2,1H3,(H,26,32)(H,27,29)(H,30,31)/t15-/m1/s1. The minimum Gasteiger partial charge on any atom is -0.481 e. The third-order valence-electron chi connectivity index (χ3n) is 5.56. The van der Waals surface area contributed by atoms with Crippen molar-refractivity contribution in [2.24, 2.45) is 0 Å². The molecule has 0 unspecified atom stereocenters. The average Bonchev–Trinajstić information content (AvgIpc) is 3.37. The number of carboxylic acids is 1. The summed E-state index contributed by atoms with van der Waals surface area (Å²) < 4.78 is 5.52. The van der Waals surface area contributed by atoms with Gasteiger partial charge in [0.1, 0.15) is 11.6 Å². The fraction of sp³-hybridized carbons (Fsp3) is 0.280. The third-order valence-corrected chi connectivity index (χ3v) is 6.45. The van der Waals surface area contributed by atoms with E-state index in [2.05, 4.69) is 39.9 Å². The van der Waals surface area contributed by atoms with E-state index in [9.17, 15) is 14.4 Å². The highest BCUT2D eigenvalue weighted by Crippen LogP contribution is 2.44. The number of carbonyl (C=O) groups excluding carboxylic acids is 2. The molecule has 0 bridgehead atoms. The van der Waals surface area contributed by atoms with Crippen LogP contribution in [-0.4, -0.2) is 40.7 Å². The first-order valence-electron chi connectivity index (χ1n) is 10.9. The topological polar surface area (TPSA) is 118 Å². The van der Waals surface area contributed by atoms with Gasteiger partial charge in [0.15, 0.2) is 0 Å². The lowest BCUT2D eigenvalue weighted by Crippen LogP contribution is -2.35.